The molecule has 1 N–H and O–H groups in total. The summed E-state index contributed by atoms with van der Waals surface area (Å²) in [5.41, 5.74) is 0.401. The number of hydrogen-bond donors (Lipinski definition) is 1. The van der Waals surface area contributed by atoms with Crippen LogP contribution in [0.3, 0.4) is 0 Å². The molecule has 1 aliphatic heterocycles. The highest BCUT2D eigenvalue weighted by Gasteiger charge is 2.33. The molecule has 1 atom stereocenters. The number of anilines is 2. The number of benzene rings is 1. The second kappa shape index (κ2) is 8.29. The fourth-order valence-corrected chi connectivity index (χ4v) is 4.48. The van der Waals surface area contributed by atoms with E-state index < -0.39 is 11.1 Å². The fraction of sp³-hybridized carbons (Fsp3) is 0.526. The molecule has 0 radical (unpaired) electrons. The molecule has 1 unspecified atom stereocenters. The zero-order chi connectivity index (χ0) is 19.7. The molecule has 1 aromatic heterocycles. The summed E-state index contributed by atoms with van der Waals surface area (Å²) in [6.07, 6.45) is 5.86. The number of carbonyl (C=O) groups is 1. The zero-order valence-corrected chi connectivity index (χ0v) is 17.3. The summed E-state index contributed by atoms with van der Waals surface area (Å²) in [6, 6.07) is 4.35. The normalized spacial score (nSPS) is 18.2. The molecule has 2 aromatic rings. The molecule has 2 aliphatic rings. The van der Waals surface area contributed by atoms with Gasteiger partial charge in [-0.25, -0.2) is 4.39 Å². The predicted molar refractivity (Wildman–Crippen MR) is 110 cm³/mol. The molecule has 28 heavy (non-hydrogen) atoms. The lowest BCUT2D eigenvalue weighted by atomic mass is 10.1. The van der Waals surface area contributed by atoms with Crippen LogP contribution in [0.5, 0.6) is 0 Å². The second-order valence-electron chi connectivity index (χ2n) is 7.30. The molecule has 6 nitrogen and oxygen atoms in total. The van der Waals surface area contributed by atoms with E-state index in [-0.39, 0.29) is 10.9 Å². The Balaban J connectivity index is 1.47. The Morgan fingerprint density at radius 3 is 2.71 bits per heavy atom. The smallest absolute Gasteiger partial charge is 0.237 e. The number of carbonyl (C=O) groups excluding carboxylic acids is 1. The highest BCUT2D eigenvalue weighted by Crippen LogP contribution is 2.42. The van der Waals surface area contributed by atoms with Crippen molar-refractivity contribution in [3.8, 4) is 0 Å². The standard InChI is InChI=1S/C19H23ClFN5OS/c1-12(17(27)22-16-8-5-13(21)11-15(16)20)28-19-24-23-18(26(19)14-6-7-14)25-9-3-2-4-10-25/h5,8,11-12,14H,2-4,6-7,9-10H2,1H3,(H,22,27). The number of hydrogen-bond acceptors (Lipinski definition) is 5. The van der Waals surface area contributed by atoms with Crippen molar-refractivity contribution in [2.24, 2.45) is 0 Å². The third-order valence-electron chi connectivity index (χ3n) is 5.04. The van der Waals surface area contributed by atoms with Crippen LogP contribution in [-0.4, -0.2) is 39.0 Å². The van der Waals surface area contributed by atoms with Crippen LogP contribution in [-0.2, 0) is 4.79 Å². The van der Waals surface area contributed by atoms with Gasteiger partial charge in [0.15, 0.2) is 5.16 Å². The van der Waals surface area contributed by atoms with Gasteiger partial charge >= 0.3 is 0 Å². The van der Waals surface area contributed by atoms with Crippen LogP contribution in [0.2, 0.25) is 5.02 Å². The third kappa shape index (κ3) is 4.27. The first-order chi connectivity index (χ1) is 13.5. The minimum Gasteiger partial charge on any atom is -0.341 e. The number of halogens is 2. The summed E-state index contributed by atoms with van der Waals surface area (Å²) in [5, 5.41) is 12.2. The van der Waals surface area contributed by atoms with Gasteiger partial charge in [0.2, 0.25) is 11.9 Å². The molecule has 2 heterocycles. The van der Waals surface area contributed by atoms with E-state index in [0.717, 1.165) is 37.0 Å². The maximum Gasteiger partial charge on any atom is 0.237 e. The van der Waals surface area contributed by atoms with Crippen LogP contribution in [0.4, 0.5) is 16.0 Å². The van der Waals surface area contributed by atoms with Gasteiger partial charge in [0.25, 0.3) is 0 Å². The molecule has 4 rings (SSSR count). The van der Waals surface area contributed by atoms with Crippen molar-refractivity contribution >= 4 is 40.9 Å². The van der Waals surface area contributed by atoms with Crippen molar-refractivity contribution in [3.63, 3.8) is 0 Å². The van der Waals surface area contributed by atoms with Gasteiger partial charge in [-0.15, -0.1) is 10.2 Å². The number of rotatable bonds is 6. The number of piperidine rings is 1. The van der Waals surface area contributed by atoms with E-state index in [1.54, 1.807) is 0 Å². The molecular weight excluding hydrogens is 401 g/mol. The Morgan fingerprint density at radius 2 is 2.04 bits per heavy atom. The quantitative estimate of drug-likeness (QED) is 0.692. The zero-order valence-electron chi connectivity index (χ0n) is 15.7. The Morgan fingerprint density at radius 1 is 1.29 bits per heavy atom. The van der Waals surface area contributed by atoms with Gasteiger partial charge in [-0.1, -0.05) is 23.4 Å². The van der Waals surface area contributed by atoms with Crippen molar-refractivity contribution in [2.75, 3.05) is 23.3 Å². The molecule has 1 amide bonds. The van der Waals surface area contributed by atoms with E-state index in [1.807, 2.05) is 6.92 Å². The SMILES string of the molecule is CC(Sc1nnc(N2CCCCC2)n1C1CC1)C(=O)Nc1ccc(F)cc1Cl. The number of aromatic nitrogens is 3. The number of nitrogens with zero attached hydrogens (tertiary/aromatic N) is 4. The number of thioether (sulfide) groups is 1. The van der Waals surface area contributed by atoms with Crippen LogP contribution < -0.4 is 10.2 Å². The number of amides is 1. The Kier molecular flexibility index (Phi) is 5.78. The first-order valence-corrected chi connectivity index (χ1v) is 10.9. The third-order valence-corrected chi connectivity index (χ3v) is 6.41. The molecule has 9 heteroatoms. The molecule has 2 fully saturated rings. The number of nitrogens with one attached hydrogen (secondary N) is 1. The molecule has 1 aliphatic carbocycles. The van der Waals surface area contributed by atoms with Gasteiger partial charge in [0, 0.05) is 19.1 Å². The van der Waals surface area contributed by atoms with Crippen molar-refractivity contribution < 1.29 is 9.18 Å². The summed E-state index contributed by atoms with van der Waals surface area (Å²) < 4.78 is 15.4. The first-order valence-electron chi connectivity index (χ1n) is 9.65. The minimum absolute atomic E-state index is 0.180. The molecule has 0 bridgehead atoms. The Hall–Kier alpha value is -1.80. The topological polar surface area (TPSA) is 63.1 Å². The van der Waals surface area contributed by atoms with E-state index in [1.165, 1.54) is 49.2 Å². The van der Waals surface area contributed by atoms with Gasteiger partial charge in [0.1, 0.15) is 5.82 Å². The predicted octanol–water partition coefficient (Wildman–Crippen LogP) is 4.52. The summed E-state index contributed by atoms with van der Waals surface area (Å²) >= 11 is 7.40. The maximum absolute atomic E-state index is 13.2. The Labute approximate surface area is 172 Å². The van der Waals surface area contributed by atoms with E-state index in [4.69, 9.17) is 11.6 Å². The molecular formula is C19H23ClFN5OS. The van der Waals surface area contributed by atoms with Crippen molar-refractivity contribution in [2.45, 2.75) is 55.5 Å². The Bertz CT molecular complexity index is 866. The highest BCUT2D eigenvalue weighted by molar-refractivity contribution is 8.00. The summed E-state index contributed by atoms with van der Waals surface area (Å²) in [7, 11) is 0. The lowest BCUT2D eigenvalue weighted by Gasteiger charge is -2.28. The van der Waals surface area contributed by atoms with Gasteiger partial charge in [0.05, 0.1) is 16.0 Å². The van der Waals surface area contributed by atoms with Crippen LogP contribution in [0.15, 0.2) is 23.4 Å². The summed E-state index contributed by atoms with van der Waals surface area (Å²) in [5.74, 6) is 0.287. The van der Waals surface area contributed by atoms with E-state index in [2.05, 4.69) is 25.0 Å². The second-order valence-corrected chi connectivity index (χ2v) is 9.02. The monoisotopic (exact) mass is 423 g/mol. The van der Waals surface area contributed by atoms with Crippen LogP contribution in [0.1, 0.15) is 45.1 Å². The minimum atomic E-state index is -0.437. The molecule has 1 saturated heterocycles. The van der Waals surface area contributed by atoms with Gasteiger partial charge < -0.3 is 10.2 Å². The summed E-state index contributed by atoms with van der Waals surface area (Å²) in [4.78, 5) is 14.9. The maximum atomic E-state index is 13.2. The average Bonchev–Trinajstić information content (AvgIpc) is 3.44. The van der Waals surface area contributed by atoms with E-state index in [0.29, 0.717) is 11.7 Å². The van der Waals surface area contributed by atoms with Crippen molar-refractivity contribution in [3.05, 3.63) is 29.0 Å². The van der Waals surface area contributed by atoms with Crippen molar-refractivity contribution in [1.82, 2.24) is 14.8 Å². The summed E-state index contributed by atoms with van der Waals surface area (Å²) in [6.45, 7) is 3.84. The molecule has 1 aromatic carbocycles. The van der Waals surface area contributed by atoms with E-state index >= 15 is 0 Å². The fourth-order valence-electron chi connectivity index (χ4n) is 3.35. The van der Waals surface area contributed by atoms with Crippen molar-refractivity contribution in [1.29, 1.82) is 0 Å². The lowest BCUT2D eigenvalue weighted by molar-refractivity contribution is -0.115. The highest BCUT2D eigenvalue weighted by atomic mass is 35.5. The van der Waals surface area contributed by atoms with E-state index in [9.17, 15) is 9.18 Å². The molecule has 0 spiro atoms. The first kappa shape index (κ1) is 19.5. The largest absolute Gasteiger partial charge is 0.341 e. The molecule has 150 valence electrons. The van der Waals surface area contributed by atoms with Crippen LogP contribution in [0.25, 0.3) is 0 Å². The average molecular weight is 424 g/mol. The van der Waals surface area contributed by atoms with Crippen LogP contribution in [0, 0.1) is 5.82 Å². The lowest BCUT2D eigenvalue weighted by Crippen LogP contribution is -2.32. The van der Waals surface area contributed by atoms with Gasteiger partial charge in [-0.2, -0.15) is 0 Å². The van der Waals surface area contributed by atoms with Gasteiger partial charge in [-0.3, -0.25) is 9.36 Å². The van der Waals surface area contributed by atoms with Gasteiger partial charge in [-0.05, 0) is 57.2 Å². The van der Waals surface area contributed by atoms with Crippen LogP contribution >= 0.6 is 23.4 Å². The molecule has 1 saturated carbocycles.